The summed E-state index contributed by atoms with van der Waals surface area (Å²) in [6, 6.07) is 11.4. The van der Waals surface area contributed by atoms with E-state index in [0.29, 0.717) is 12.0 Å². The minimum Gasteiger partial charge on any atom is -0.388 e. The van der Waals surface area contributed by atoms with Gasteiger partial charge in [0.05, 0.1) is 6.10 Å². The fourth-order valence-corrected chi connectivity index (χ4v) is 1.83. The Bertz CT molecular complexity index is 520. The van der Waals surface area contributed by atoms with Crippen molar-refractivity contribution in [3.63, 3.8) is 0 Å². The van der Waals surface area contributed by atoms with E-state index in [-0.39, 0.29) is 11.4 Å². The molecule has 0 aromatic heterocycles. The molecule has 0 saturated carbocycles. The van der Waals surface area contributed by atoms with Crippen molar-refractivity contribution in [3.05, 3.63) is 71.0 Å². The van der Waals surface area contributed by atoms with Gasteiger partial charge < -0.3 is 5.11 Å². The molecule has 0 aliphatic heterocycles. The number of aliphatic hydroxyl groups excluding tert-OH is 1. The highest BCUT2D eigenvalue weighted by atomic mass is 19.3. The molecule has 0 aliphatic rings. The lowest BCUT2D eigenvalue weighted by Gasteiger charge is -2.11. The van der Waals surface area contributed by atoms with Crippen LogP contribution in [-0.2, 0) is 6.42 Å². The molecule has 2 aromatic carbocycles. The third-order valence-corrected chi connectivity index (χ3v) is 2.92. The third-order valence-electron chi connectivity index (χ3n) is 2.92. The largest absolute Gasteiger partial charge is 0.388 e. The minimum atomic E-state index is -2.51. The van der Waals surface area contributed by atoms with Crippen LogP contribution in [0, 0.1) is 5.82 Å². The summed E-state index contributed by atoms with van der Waals surface area (Å²) in [7, 11) is 0. The molecular formula is C15H13F3O. The summed E-state index contributed by atoms with van der Waals surface area (Å²) >= 11 is 0. The second-order valence-electron chi connectivity index (χ2n) is 4.31. The first kappa shape index (κ1) is 13.6. The van der Waals surface area contributed by atoms with Gasteiger partial charge in [-0.05, 0) is 23.3 Å². The number of benzene rings is 2. The summed E-state index contributed by atoms with van der Waals surface area (Å²) in [6.45, 7) is 0. The summed E-state index contributed by atoms with van der Waals surface area (Å²) in [4.78, 5) is 0. The van der Waals surface area contributed by atoms with Crippen LogP contribution < -0.4 is 0 Å². The first-order valence-electron chi connectivity index (χ1n) is 5.87. The maximum Gasteiger partial charge on any atom is 0.263 e. The van der Waals surface area contributed by atoms with E-state index in [2.05, 4.69) is 0 Å². The van der Waals surface area contributed by atoms with E-state index in [1.54, 1.807) is 12.1 Å². The van der Waals surface area contributed by atoms with Gasteiger partial charge in [-0.25, -0.2) is 13.2 Å². The summed E-state index contributed by atoms with van der Waals surface area (Å²) in [5.41, 5.74) is 1.28. The summed E-state index contributed by atoms with van der Waals surface area (Å²) in [6.07, 6.45) is -2.99. The van der Waals surface area contributed by atoms with Crippen LogP contribution in [0.2, 0.25) is 0 Å². The Balaban J connectivity index is 2.07. The van der Waals surface area contributed by atoms with Crippen molar-refractivity contribution in [1.82, 2.24) is 0 Å². The predicted molar refractivity (Wildman–Crippen MR) is 66.5 cm³/mol. The fourth-order valence-electron chi connectivity index (χ4n) is 1.83. The molecular weight excluding hydrogens is 253 g/mol. The van der Waals surface area contributed by atoms with Crippen molar-refractivity contribution < 1.29 is 18.3 Å². The SMILES string of the molecule is OC(Cc1ccc(F)cc1)c1ccc(C(F)F)cc1. The monoisotopic (exact) mass is 266 g/mol. The summed E-state index contributed by atoms with van der Waals surface area (Å²) in [5, 5.41) is 9.99. The fraction of sp³-hybridized carbons (Fsp3) is 0.200. The molecule has 2 aromatic rings. The van der Waals surface area contributed by atoms with Crippen molar-refractivity contribution in [2.24, 2.45) is 0 Å². The highest BCUT2D eigenvalue weighted by Gasteiger charge is 2.11. The molecule has 0 amide bonds. The number of aliphatic hydroxyl groups is 1. The molecule has 0 spiro atoms. The van der Waals surface area contributed by atoms with Gasteiger partial charge in [0.25, 0.3) is 6.43 Å². The lowest BCUT2D eigenvalue weighted by Crippen LogP contribution is -2.02. The van der Waals surface area contributed by atoms with E-state index in [0.717, 1.165) is 5.56 Å². The summed E-state index contributed by atoms with van der Waals surface area (Å²) < 4.78 is 37.5. The van der Waals surface area contributed by atoms with Crippen molar-refractivity contribution >= 4 is 0 Å². The number of alkyl halides is 2. The minimum absolute atomic E-state index is 0.0715. The maximum atomic E-state index is 12.7. The molecule has 1 N–H and O–H groups in total. The van der Waals surface area contributed by atoms with Crippen LogP contribution in [0.25, 0.3) is 0 Å². The van der Waals surface area contributed by atoms with Crippen molar-refractivity contribution in [2.75, 3.05) is 0 Å². The maximum absolute atomic E-state index is 12.7. The molecule has 1 unspecified atom stereocenters. The van der Waals surface area contributed by atoms with Gasteiger partial charge in [0.1, 0.15) is 5.82 Å². The highest BCUT2D eigenvalue weighted by molar-refractivity contribution is 5.27. The number of hydrogen-bond donors (Lipinski definition) is 1. The molecule has 2 rings (SSSR count). The lowest BCUT2D eigenvalue weighted by atomic mass is 10.0. The standard InChI is InChI=1S/C15H13F3O/c16-13-7-1-10(2-8-13)9-14(19)11-3-5-12(6-4-11)15(17)18/h1-8,14-15,19H,9H2. The zero-order chi connectivity index (χ0) is 13.8. The van der Waals surface area contributed by atoms with Gasteiger partial charge in [-0.15, -0.1) is 0 Å². The predicted octanol–water partition coefficient (Wildman–Crippen LogP) is 4.04. The molecule has 100 valence electrons. The van der Waals surface area contributed by atoms with Crippen LogP contribution in [0.1, 0.15) is 29.2 Å². The van der Waals surface area contributed by atoms with Crippen molar-refractivity contribution in [1.29, 1.82) is 0 Å². The molecule has 0 aliphatic carbocycles. The first-order chi connectivity index (χ1) is 9.06. The molecule has 4 heteroatoms. The number of hydrogen-bond acceptors (Lipinski definition) is 1. The highest BCUT2D eigenvalue weighted by Crippen LogP contribution is 2.23. The number of halogens is 3. The van der Waals surface area contributed by atoms with E-state index in [1.807, 2.05) is 0 Å². The molecule has 0 fully saturated rings. The Morgan fingerprint density at radius 2 is 1.37 bits per heavy atom. The van der Waals surface area contributed by atoms with Gasteiger partial charge in [-0.1, -0.05) is 36.4 Å². The Hall–Kier alpha value is -1.81. The average Bonchev–Trinajstić information content (AvgIpc) is 2.41. The van der Waals surface area contributed by atoms with Gasteiger partial charge in [0.15, 0.2) is 0 Å². The quantitative estimate of drug-likeness (QED) is 0.885. The number of rotatable bonds is 4. The second-order valence-corrected chi connectivity index (χ2v) is 4.31. The van der Waals surface area contributed by atoms with Gasteiger partial charge in [0, 0.05) is 12.0 Å². The molecule has 0 radical (unpaired) electrons. The van der Waals surface area contributed by atoms with E-state index in [9.17, 15) is 18.3 Å². The van der Waals surface area contributed by atoms with Crippen LogP contribution in [0.5, 0.6) is 0 Å². The Morgan fingerprint density at radius 3 is 1.89 bits per heavy atom. The molecule has 0 heterocycles. The normalized spacial score (nSPS) is 12.7. The van der Waals surface area contributed by atoms with Crippen LogP contribution in [0.15, 0.2) is 48.5 Å². The zero-order valence-electron chi connectivity index (χ0n) is 10.1. The van der Waals surface area contributed by atoms with Crippen LogP contribution in [0.4, 0.5) is 13.2 Å². The molecule has 1 nitrogen and oxygen atoms in total. The van der Waals surface area contributed by atoms with Gasteiger partial charge in [0.2, 0.25) is 0 Å². The van der Waals surface area contributed by atoms with Crippen molar-refractivity contribution in [3.8, 4) is 0 Å². The van der Waals surface area contributed by atoms with Gasteiger partial charge in [-0.2, -0.15) is 0 Å². The Kier molecular flexibility index (Phi) is 4.22. The van der Waals surface area contributed by atoms with Crippen LogP contribution >= 0.6 is 0 Å². The average molecular weight is 266 g/mol. The lowest BCUT2D eigenvalue weighted by molar-refractivity contribution is 0.151. The van der Waals surface area contributed by atoms with E-state index < -0.39 is 12.5 Å². The summed E-state index contributed by atoms with van der Waals surface area (Å²) in [5.74, 6) is -0.334. The third kappa shape index (κ3) is 3.58. The molecule has 1 atom stereocenters. The molecule has 19 heavy (non-hydrogen) atoms. The Labute approximate surface area is 109 Å². The van der Waals surface area contributed by atoms with E-state index in [4.69, 9.17) is 0 Å². The van der Waals surface area contributed by atoms with Gasteiger partial charge >= 0.3 is 0 Å². The molecule has 0 saturated heterocycles. The smallest absolute Gasteiger partial charge is 0.263 e. The van der Waals surface area contributed by atoms with Gasteiger partial charge in [-0.3, -0.25) is 0 Å². The second kappa shape index (κ2) is 5.89. The van der Waals surface area contributed by atoms with Crippen LogP contribution in [0.3, 0.4) is 0 Å². The zero-order valence-corrected chi connectivity index (χ0v) is 10.1. The first-order valence-corrected chi connectivity index (χ1v) is 5.87. The van der Waals surface area contributed by atoms with Crippen LogP contribution in [-0.4, -0.2) is 5.11 Å². The Morgan fingerprint density at radius 1 is 0.842 bits per heavy atom. The van der Waals surface area contributed by atoms with E-state index >= 15 is 0 Å². The molecule has 0 bridgehead atoms. The van der Waals surface area contributed by atoms with Crippen molar-refractivity contribution in [2.45, 2.75) is 19.0 Å². The van der Waals surface area contributed by atoms with E-state index in [1.165, 1.54) is 36.4 Å². The topological polar surface area (TPSA) is 20.2 Å².